The van der Waals surface area contributed by atoms with E-state index < -0.39 is 0 Å². The number of nitrogens with zero attached hydrogens (tertiary/aromatic N) is 7. The van der Waals surface area contributed by atoms with Crippen LogP contribution in [0.3, 0.4) is 0 Å². The van der Waals surface area contributed by atoms with Crippen LogP contribution in [0, 0.1) is 23.7 Å². The number of rotatable bonds is 9. The van der Waals surface area contributed by atoms with Gasteiger partial charge in [-0.3, -0.25) is 4.79 Å². The lowest BCUT2D eigenvalue weighted by atomic mass is 9.53. The summed E-state index contributed by atoms with van der Waals surface area (Å²) in [6, 6.07) is 20.8. The molecule has 1 saturated heterocycles. The van der Waals surface area contributed by atoms with Crippen LogP contribution in [0.4, 0.5) is 0 Å². The van der Waals surface area contributed by atoms with Gasteiger partial charge in [0.15, 0.2) is 11.6 Å². The van der Waals surface area contributed by atoms with Gasteiger partial charge in [0.25, 0.3) is 5.91 Å². The normalized spacial score (nSPS) is 22.5. The van der Waals surface area contributed by atoms with E-state index in [1.165, 1.54) is 30.2 Å². The molecule has 6 aromatic rings. The molecule has 3 saturated carbocycles. The summed E-state index contributed by atoms with van der Waals surface area (Å²) < 4.78 is 17.9. The molecule has 0 bridgehead atoms. The summed E-state index contributed by atoms with van der Waals surface area (Å²) in [4.78, 5) is 26.1. The number of aromatic nitrogens is 6. The lowest BCUT2D eigenvalue weighted by Crippen LogP contribution is -2.53. The summed E-state index contributed by atoms with van der Waals surface area (Å²) >= 11 is 0. The minimum atomic E-state index is 0.0964. The molecule has 0 N–H and O–H groups in total. The molecule has 1 amide bonds. The molecular weight excluding hydrogens is 602 g/mol. The number of para-hydroxylation sites is 1. The third-order valence-electron chi connectivity index (χ3n) is 11.4. The number of fused-ring (bicyclic) bond motifs is 2. The van der Waals surface area contributed by atoms with E-state index in [9.17, 15) is 4.79 Å². The summed E-state index contributed by atoms with van der Waals surface area (Å²) in [7, 11) is 3.29. The maximum absolute atomic E-state index is 14.1. The Bertz CT molecular complexity index is 2240. The number of carbonyl (C=O) groups excluding carboxylic acids is 1. The summed E-state index contributed by atoms with van der Waals surface area (Å²) in [5.74, 6) is 5.69. The van der Waals surface area contributed by atoms with Gasteiger partial charge in [0.2, 0.25) is 5.88 Å². The van der Waals surface area contributed by atoms with Crippen molar-refractivity contribution in [1.29, 1.82) is 0 Å². The Kier molecular flexibility index (Phi) is 6.08. The third kappa shape index (κ3) is 4.24. The zero-order valence-corrected chi connectivity index (χ0v) is 27.1. The van der Waals surface area contributed by atoms with E-state index in [1.807, 2.05) is 42.7 Å². The van der Waals surface area contributed by atoms with Gasteiger partial charge in [0.1, 0.15) is 11.3 Å². The Morgan fingerprint density at radius 2 is 1.83 bits per heavy atom. The predicted octanol–water partition coefficient (Wildman–Crippen LogP) is 6.19. The van der Waals surface area contributed by atoms with Gasteiger partial charge in [0, 0.05) is 53.4 Å². The smallest absolute Gasteiger partial charge is 0.254 e. The first-order valence-corrected chi connectivity index (χ1v) is 17.1. The van der Waals surface area contributed by atoms with Gasteiger partial charge in [-0.25, -0.2) is 9.67 Å². The number of methoxy groups -OCH3 is 2. The van der Waals surface area contributed by atoms with Crippen LogP contribution in [0.2, 0.25) is 0 Å². The summed E-state index contributed by atoms with van der Waals surface area (Å²) in [5.41, 5.74) is 5.53. The summed E-state index contributed by atoms with van der Waals surface area (Å²) in [5, 5.41) is 5.84. The highest BCUT2D eigenvalue weighted by Gasteiger charge is 2.61. The predicted molar refractivity (Wildman–Crippen MR) is 181 cm³/mol. The fourth-order valence-electron chi connectivity index (χ4n) is 8.77. The third-order valence-corrected chi connectivity index (χ3v) is 11.4. The molecule has 3 unspecified atom stereocenters. The quantitative estimate of drug-likeness (QED) is 0.187. The van der Waals surface area contributed by atoms with Crippen molar-refractivity contribution in [3.8, 4) is 29.0 Å². The molecule has 1 aliphatic heterocycles. The van der Waals surface area contributed by atoms with Crippen LogP contribution in [-0.2, 0) is 13.1 Å². The van der Waals surface area contributed by atoms with Crippen molar-refractivity contribution in [2.75, 3.05) is 20.8 Å². The first-order chi connectivity index (χ1) is 23.6. The van der Waals surface area contributed by atoms with Crippen molar-refractivity contribution in [3.05, 3.63) is 84.2 Å². The molecular formula is C38H37N7O3. The number of pyridine rings is 1. The highest BCUT2D eigenvalue weighted by atomic mass is 16.5. The van der Waals surface area contributed by atoms with Crippen molar-refractivity contribution in [2.45, 2.75) is 44.8 Å². The number of ether oxygens (including phenoxy) is 2. The Morgan fingerprint density at radius 1 is 0.938 bits per heavy atom. The van der Waals surface area contributed by atoms with Crippen LogP contribution in [0.15, 0.2) is 73.1 Å². The Morgan fingerprint density at radius 3 is 2.65 bits per heavy atom. The molecule has 5 heterocycles. The average molecular weight is 640 g/mol. The van der Waals surface area contributed by atoms with Crippen molar-refractivity contribution >= 4 is 27.8 Å². The molecule has 0 radical (unpaired) electrons. The minimum absolute atomic E-state index is 0.0964. The molecule has 0 spiro atoms. The molecule has 3 aliphatic carbocycles. The first-order valence-electron chi connectivity index (χ1n) is 17.1. The van der Waals surface area contributed by atoms with Crippen LogP contribution in [0.1, 0.15) is 41.6 Å². The van der Waals surface area contributed by atoms with Crippen LogP contribution in [0.5, 0.6) is 11.6 Å². The van der Waals surface area contributed by atoms with Gasteiger partial charge < -0.3 is 23.5 Å². The molecule has 10 heteroatoms. The molecule has 2 aromatic carbocycles. The van der Waals surface area contributed by atoms with E-state index in [-0.39, 0.29) is 5.91 Å². The molecule has 10 rings (SSSR count). The number of hydrogen-bond acceptors (Lipinski definition) is 6. The molecule has 48 heavy (non-hydrogen) atoms. The minimum Gasteiger partial charge on any atom is -0.494 e. The van der Waals surface area contributed by atoms with Crippen LogP contribution in [0.25, 0.3) is 39.3 Å². The molecule has 4 fully saturated rings. The molecule has 4 atom stereocenters. The summed E-state index contributed by atoms with van der Waals surface area (Å²) in [6.45, 7) is 2.33. The van der Waals surface area contributed by atoms with Crippen LogP contribution >= 0.6 is 0 Å². The van der Waals surface area contributed by atoms with E-state index in [4.69, 9.17) is 14.5 Å². The molecule has 242 valence electrons. The number of imidazole rings is 1. The van der Waals surface area contributed by atoms with E-state index in [1.54, 1.807) is 18.9 Å². The molecule has 10 nitrogen and oxygen atoms in total. The van der Waals surface area contributed by atoms with Gasteiger partial charge >= 0.3 is 0 Å². The van der Waals surface area contributed by atoms with Gasteiger partial charge in [-0.2, -0.15) is 10.1 Å². The molecule has 4 aromatic heterocycles. The SMILES string of the molecule is COc1cccc(-n2cc(Cn3c(-c4cc5ccccc5n4CC4CC4)nc4cc(C(=O)N5CC6CC7CC5[C@H]76)cc(OC)c43)cn2)n1. The summed E-state index contributed by atoms with van der Waals surface area (Å²) in [6.07, 6.45) is 8.79. The van der Waals surface area contributed by atoms with Crippen LogP contribution < -0.4 is 9.47 Å². The second kappa shape index (κ2) is 10.4. The Balaban J connectivity index is 1.11. The maximum atomic E-state index is 14.1. The lowest BCUT2D eigenvalue weighted by molar-refractivity contribution is -0.0204. The van der Waals surface area contributed by atoms with Crippen molar-refractivity contribution in [1.82, 2.24) is 33.8 Å². The number of hydrogen-bond donors (Lipinski definition) is 0. The zero-order valence-electron chi connectivity index (χ0n) is 27.1. The van der Waals surface area contributed by atoms with Crippen molar-refractivity contribution < 1.29 is 14.3 Å². The number of likely N-dealkylation sites (tertiary alicyclic amines) is 1. The first kappa shape index (κ1) is 27.9. The van der Waals surface area contributed by atoms with Gasteiger partial charge in [-0.05, 0) is 79.7 Å². The number of benzene rings is 2. The van der Waals surface area contributed by atoms with Crippen molar-refractivity contribution in [2.24, 2.45) is 23.7 Å². The van der Waals surface area contributed by atoms with Gasteiger partial charge in [-0.15, -0.1) is 0 Å². The van der Waals surface area contributed by atoms with E-state index in [0.717, 1.165) is 53.5 Å². The largest absolute Gasteiger partial charge is 0.494 e. The van der Waals surface area contributed by atoms with Crippen LogP contribution in [-0.4, -0.2) is 66.5 Å². The molecule has 4 aliphatic rings. The second-order valence-electron chi connectivity index (χ2n) is 14.1. The fourth-order valence-corrected chi connectivity index (χ4v) is 8.77. The maximum Gasteiger partial charge on any atom is 0.254 e. The standard InChI is InChI=1S/C38H37N7O3/c1-47-32-16-26(38(46)43-21-27-12-25-15-30(43)35(25)27)13-28-36(32)44(19-23-17-39-45(20-23)33-8-5-9-34(41-33)48-2)37(40-28)31-14-24-6-3-4-7-29(24)42(31)18-22-10-11-22/h3-9,13-14,16-17,20,22,25,27,30,35H,10-12,15,18-19,21H2,1-2H3/t25?,27?,30?,35-/m1/s1. The number of carbonyl (C=O) groups is 1. The van der Waals surface area contributed by atoms with Gasteiger partial charge in [0.05, 0.1) is 38.2 Å². The highest BCUT2D eigenvalue weighted by Crippen LogP contribution is 2.60. The monoisotopic (exact) mass is 639 g/mol. The highest BCUT2D eigenvalue weighted by molar-refractivity contribution is 6.00. The average Bonchev–Trinajstić information content (AvgIpc) is 3.50. The van der Waals surface area contributed by atoms with E-state index in [0.29, 0.717) is 53.4 Å². The topological polar surface area (TPSA) is 92.2 Å². The van der Waals surface area contributed by atoms with Gasteiger partial charge in [-0.1, -0.05) is 24.3 Å². The fraction of sp³-hybridized carbons (Fsp3) is 0.368. The van der Waals surface area contributed by atoms with Crippen molar-refractivity contribution in [3.63, 3.8) is 0 Å². The number of amides is 1. The Hall–Kier alpha value is -5.12. The zero-order chi connectivity index (χ0) is 32.1. The lowest BCUT2D eigenvalue weighted by Gasteiger charge is -2.52. The van der Waals surface area contributed by atoms with E-state index >= 15 is 0 Å². The van der Waals surface area contributed by atoms with E-state index in [2.05, 4.69) is 54.4 Å². The second-order valence-corrected chi connectivity index (χ2v) is 14.1. The Labute approximate surface area is 277 Å².